The highest BCUT2D eigenvalue weighted by atomic mass is 16.2. The molecule has 3 N–H and O–H groups in total. The summed E-state index contributed by atoms with van der Waals surface area (Å²) in [5, 5.41) is 10.9. The fraction of sp³-hybridized carbons (Fsp3) is 0.269. The van der Waals surface area contributed by atoms with Crippen molar-refractivity contribution in [3.63, 3.8) is 0 Å². The minimum Gasteiger partial charge on any atom is -0.361 e. The number of amides is 2. The van der Waals surface area contributed by atoms with Gasteiger partial charge in [-0.15, -0.1) is 0 Å². The number of piperazine rings is 1. The van der Waals surface area contributed by atoms with Gasteiger partial charge in [-0.3, -0.25) is 19.6 Å². The Morgan fingerprint density at radius 1 is 1.03 bits per heavy atom. The van der Waals surface area contributed by atoms with E-state index in [1.807, 2.05) is 72.0 Å². The number of fused-ring (bicyclic) bond motifs is 1. The number of aromatic nitrogens is 3. The van der Waals surface area contributed by atoms with Crippen molar-refractivity contribution in [1.29, 1.82) is 0 Å². The van der Waals surface area contributed by atoms with E-state index < -0.39 is 6.04 Å². The van der Waals surface area contributed by atoms with Gasteiger partial charge in [-0.05, 0) is 41.1 Å². The van der Waals surface area contributed by atoms with E-state index >= 15 is 0 Å². The molecule has 0 unspecified atom stereocenters. The Balaban J connectivity index is 1.26. The lowest BCUT2D eigenvalue weighted by Crippen LogP contribution is -2.52. The predicted molar refractivity (Wildman–Crippen MR) is 130 cm³/mol. The summed E-state index contributed by atoms with van der Waals surface area (Å²) in [6, 6.07) is 16.2. The molecule has 0 spiro atoms. The lowest BCUT2D eigenvalue weighted by Gasteiger charge is -2.36. The van der Waals surface area contributed by atoms with Crippen molar-refractivity contribution < 1.29 is 9.59 Å². The SMILES string of the molecule is O=C(N[C@@H](C(=O)N1CCN(CCc2cn[nH]c2)CC1)c1ccccc1)c1ccc2cc[nH]c2c1. The molecule has 0 saturated carbocycles. The number of rotatable bonds is 7. The Bertz CT molecular complexity index is 1240. The number of aromatic amines is 2. The van der Waals surface area contributed by atoms with Gasteiger partial charge in [0.2, 0.25) is 5.91 Å². The number of H-pyrrole nitrogens is 2. The average Bonchev–Trinajstić information content (AvgIpc) is 3.58. The van der Waals surface area contributed by atoms with Gasteiger partial charge in [-0.2, -0.15) is 5.10 Å². The van der Waals surface area contributed by atoms with Gasteiger partial charge < -0.3 is 15.2 Å². The largest absolute Gasteiger partial charge is 0.361 e. The first-order valence-electron chi connectivity index (χ1n) is 11.6. The second-order valence-electron chi connectivity index (χ2n) is 8.62. The second kappa shape index (κ2) is 9.93. The molecule has 8 heteroatoms. The molecule has 8 nitrogen and oxygen atoms in total. The predicted octanol–water partition coefficient (Wildman–Crippen LogP) is 2.75. The second-order valence-corrected chi connectivity index (χ2v) is 8.62. The van der Waals surface area contributed by atoms with Crippen molar-refractivity contribution in [2.45, 2.75) is 12.5 Å². The van der Waals surface area contributed by atoms with Crippen LogP contribution in [-0.2, 0) is 11.2 Å². The van der Waals surface area contributed by atoms with Crippen LogP contribution in [0, 0.1) is 0 Å². The molecule has 4 aromatic rings. The van der Waals surface area contributed by atoms with Crippen LogP contribution in [0.25, 0.3) is 10.9 Å². The van der Waals surface area contributed by atoms with Gasteiger partial charge in [0.25, 0.3) is 5.91 Å². The summed E-state index contributed by atoms with van der Waals surface area (Å²) in [6.07, 6.45) is 6.54. The summed E-state index contributed by atoms with van der Waals surface area (Å²) >= 11 is 0. The van der Waals surface area contributed by atoms with Gasteiger partial charge in [0.15, 0.2) is 0 Å². The Morgan fingerprint density at radius 2 is 1.85 bits per heavy atom. The molecule has 0 aliphatic carbocycles. The van der Waals surface area contributed by atoms with Crippen LogP contribution in [0.5, 0.6) is 0 Å². The van der Waals surface area contributed by atoms with E-state index in [4.69, 9.17) is 0 Å². The summed E-state index contributed by atoms with van der Waals surface area (Å²) in [6.45, 7) is 3.82. The van der Waals surface area contributed by atoms with Crippen LogP contribution in [0.2, 0.25) is 0 Å². The molecule has 1 aliphatic rings. The van der Waals surface area contributed by atoms with Crippen LogP contribution in [0.4, 0.5) is 0 Å². The first-order valence-corrected chi connectivity index (χ1v) is 11.6. The number of carbonyl (C=O) groups is 2. The smallest absolute Gasteiger partial charge is 0.252 e. The number of nitrogens with zero attached hydrogens (tertiary/aromatic N) is 3. The third-order valence-corrected chi connectivity index (χ3v) is 6.43. The van der Waals surface area contributed by atoms with Crippen molar-refractivity contribution in [3.05, 3.63) is 89.9 Å². The zero-order chi connectivity index (χ0) is 23.3. The molecule has 1 saturated heterocycles. The van der Waals surface area contributed by atoms with E-state index in [0.29, 0.717) is 18.7 Å². The minimum absolute atomic E-state index is 0.0741. The number of nitrogens with one attached hydrogen (secondary N) is 3. The molecule has 5 rings (SSSR count). The molecule has 2 aromatic carbocycles. The lowest BCUT2D eigenvalue weighted by atomic mass is 10.0. The van der Waals surface area contributed by atoms with Crippen LogP contribution >= 0.6 is 0 Å². The Morgan fingerprint density at radius 3 is 2.62 bits per heavy atom. The summed E-state index contributed by atoms with van der Waals surface area (Å²) in [5.74, 6) is -0.340. The topological polar surface area (TPSA) is 97.1 Å². The molecule has 3 heterocycles. The highest BCUT2D eigenvalue weighted by Crippen LogP contribution is 2.20. The number of carbonyl (C=O) groups excluding carboxylic acids is 2. The normalized spacial score (nSPS) is 15.4. The third kappa shape index (κ3) is 4.87. The molecule has 0 bridgehead atoms. The first-order chi connectivity index (χ1) is 16.7. The highest BCUT2D eigenvalue weighted by molar-refractivity contribution is 6.00. The van der Waals surface area contributed by atoms with E-state index in [9.17, 15) is 9.59 Å². The monoisotopic (exact) mass is 456 g/mol. The lowest BCUT2D eigenvalue weighted by molar-refractivity contribution is -0.135. The van der Waals surface area contributed by atoms with Gasteiger partial charge in [0, 0.05) is 56.2 Å². The van der Waals surface area contributed by atoms with E-state index in [1.54, 1.807) is 6.07 Å². The van der Waals surface area contributed by atoms with Crippen molar-refractivity contribution in [2.75, 3.05) is 32.7 Å². The van der Waals surface area contributed by atoms with Gasteiger partial charge in [0.05, 0.1) is 6.20 Å². The van der Waals surface area contributed by atoms with Crippen LogP contribution < -0.4 is 5.32 Å². The fourth-order valence-corrected chi connectivity index (χ4v) is 4.41. The number of benzene rings is 2. The van der Waals surface area contributed by atoms with Gasteiger partial charge in [-0.1, -0.05) is 36.4 Å². The molecule has 1 aliphatic heterocycles. The molecule has 2 amide bonds. The third-order valence-electron chi connectivity index (χ3n) is 6.43. The maximum Gasteiger partial charge on any atom is 0.252 e. The number of hydrogen-bond acceptors (Lipinski definition) is 4. The summed E-state index contributed by atoms with van der Waals surface area (Å²) in [7, 11) is 0. The van der Waals surface area contributed by atoms with Crippen LogP contribution in [-0.4, -0.2) is 69.5 Å². The van der Waals surface area contributed by atoms with Gasteiger partial charge in [0.1, 0.15) is 6.04 Å². The minimum atomic E-state index is -0.731. The quantitative estimate of drug-likeness (QED) is 0.398. The molecule has 174 valence electrons. The molecule has 0 radical (unpaired) electrons. The summed E-state index contributed by atoms with van der Waals surface area (Å²) in [4.78, 5) is 34.0. The average molecular weight is 457 g/mol. The molecular weight excluding hydrogens is 428 g/mol. The van der Waals surface area contributed by atoms with Crippen LogP contribution in [0.1, 0.15) is 27.5 Å². The number of hydrogen-bond donors (Lipinski definition) is 3. The van der Waals surface area contributed by atoms with E-state index in [1.165, 1.54) is 5.56 Å². The Kier molecular flexibility index (Phi) is 6.40. The van der Waals surface area contributed by atoms with Crippen LogP contribution in [0.3, 0.4) is 0 Å². The standard InChI is InChI=1S/C26H28N6O2/c33-25(22-7-6-20-8-10-27-23(20)16-22)30-24(21-4-2-1-3-5-21)26(34)32-14-12-31(13-15-32)11-9-19-17-28-29-18-19/h1-8,10,16-18,24,27H,9,11-15H2,(H,28,29)(H,30,33)/t24-/m1/s1. The van der Waals surface area contributed by atoms with Crippen molar-refractivity contribution in [3.8, 4) is 0 Å². The van der Waals surface area contributed by atoms with Crippen molar-refractivity contribution in [2.24, 2.45) is 0 Å². The molecule has 1 fully saturated rings. The molecule has 34 heavy (non-hydrogen) atoms. The van der Waals surface area contributed by atoms with Gasteiger partial charge in [-0.25, -0.2) is 0 Å². The van der Waals surface area contributed by atoms with E-state index in [2.05, 4.69) is 25.4 Å². The van der Waals surface area contributed by atoms with E-state index in [0.717, 1.165) is 42.5 Å². The highest BCUT2D eigenvalue weighted by Gasteiger charge is 2.30. The Labute approximate surface area is 198 Å². The maximum absolute atomic E-state index is 13.6. The fourth-order valence-electron chi connectivity index (χ4n) is 4.41. The molecule has 1 atom stereocenters. The zero-order valence-corrected chi connectivity index (χ0v) is 18.9. The molecular formula is C26H28N6O2. The van der Waals surface area contributed by atoms with Gasteiger partial charge >= 0.3 is 0 Å². The van der Waals surface area contributed by atoms with E-state index in [-0.39, 0.29) is 11.8 Å². The summed E-state index contributed by atoms with van der Waals surface area (Å²) in [5.41, 5.74) is 3.38. The van der Waals surface area contributed by atoms with Crippen LogP contribution in [0.15, 0.2) is 73.2 Å². The maximum atomic E-state index is 13.6. The first kappa shape index (κ1) is 21.9. The van der Waals surface area contributed by atoms with Crippen molar-refractivity contribution >= 4 is 22.7 Å². The van der Waals surface area contributed by atoms with Crippen molar-refractivity contribution in [1.82, 2.24) is 30.3 Å². The summed E-state index contributed by atoms with van der Waals surface area (Å²) < 4.78 is 0. The molecule has 2 aromatic heterocycles. The zero-order valence-electron chi connectivity index (χ0n) is 18.9. The Hall–Kier alpha value is -3.91.